The van der Waals surface area contributed by atoms with E-state index in [-0.39, 0.29) is 5.92 Å². The third kappa shape index (κ3) is 1.80. The second-order valence-electron chi connectivity index (χ2n) is 2.78. The van der Waals surface area contributed by atoms with Gasteiger partial charge in [-0.05, 0) is 18.5 Å². The Morgan fingerprint density at radius 3 is 2.85 bits per heavy atom. The van der Waals surface area contributed by atoms with Crippen molar-refractivity contribution < 1.29 is 4.92 Å². The topological polar surface area (TPSA) is 43.1 Å². The van der Waals surface area contributed by atoms with E-state index in [1.54, 1.807) is 30.4 Å². The maximum Gasteiger partial charge on any atom is 0.323 e. The molecule has 0 bridgehead atoms. The molecule has 0 aromatic heterocycles. The molecule has 13 heavy (non-hydrogen) atoms. The summed E-state index contributed by atoms with van der Waals surface area (Å²) in [4.78, 5) is 8.73. The first-order valence-corrected chi connectivity index (χ1v) is 4.31. The summed E-state index contributed by atoms with van der Waals surface area (Å²) in [6, 6.07) is 0. The molecule has 0 amide bonds. The van der Waals surface area contributed by atoms with E-state index in [9.17, 15) is 10.1 Å². The van der Waals surface area contributed by atoms with Crippen LogP contribution in [0.3, 0.4) is 0 Å². The molecule has 0 fully saturated rings. The van der Waals surface area contributed by atoms with Crippen molar-refractivity contribution in [3.05, 3.63) is 46.6 Å². The smallest absolute Gasteiger partial charge is 0.262 e. The molecular weight excluding hydrogens is 190 g/mol. The summed E-state index contributed by atoms with van der Waals surface area (Å²) in [5, 5.41) is 10.7. The Labute approximate surface area is 81.5 Å². The summed E-state index contributed by atoms with van der Waals surface area (Å²) in [6.07, 6.45) is 9.95. The third-order valence-electron chi connectivity index (χ3n) is 1.91. The second-order valence-corrected chi connectivity index (χ2v) is 3.39. The summed E-state index contributed by atoms with van der Waals surface area (Å²) in [5.41, 5.74) is 0. The molecule has 0 spiro atoms. The van der Waals surface area contributed by atoms with E-state index >= 15 is 0 Å². The molecule has 0 aromatic rings. The van der Waals surface area contributed by atoms with Gasteiger partial charge in [-0.15, -0.1) is 0 Å². The van der Waals surface area contributed by atoms with Gasteiger partial charge in [-0.2, -0.15) is 0 Å². The highest BCUT2D eigenvalue weighted by molar-refractivity contribution is 6.24. The van der Waals surface area contributed by atoms with E-state index < -0.39 is 9.92 Å². The van der Waals surface area contributed by atoms with Gasteiger partial charge in [-0.3, -0.25) is 10.1 Å². The number of rotatable bonds is 2. The molecule has 0 heterocycles. The lowest BCUT2D eigenvalue weighted by Crippen LogP contribution is -2.37. The Morgan fingerprint density at radius 2 is 2.31 bits per heavy atom. The number of nitrogens with zero attached hydrogens (tertiary/aromatic N) is 1. The molecule has 0 aliphatic heterocycles. The van der Waals surface area contributed by atoms with Crippen LogP contribution in [-0.2, 0) is 0 Å². The zero-order valence-corrected chi connectivity index (χ0v) is 7.94. The van der Waals surface area contributed by atoms with Gasteiger partial charge < -0.3 is 0 Å². The van der Waals surface area contributed by atoms with Crippen LogP contribution < -0.4 is 0 Å². The van der Waals surface area contributed by atoms with Crippen LogP contribution in [-0.4, -0.2) is 9.92 Å². The fraction of sp³-hybridized carbons (Fsp3) is 0.333. The molecule has 0 radical (unpaired) electrons. The Balaban J connectivity index is 3.00. The van der Waals surface area contributed by atoms with Crippen LogP contribution in [0.1, 0.15) is 6.92 Å². The molecule has 0 saturated heterocycles. The minimum absolute atomic E-state index is 0.376. The lowest BCUT2D eigenvalue weighted by atomic mass is 9.94. The predicted molar refractivity (Wildman–Crippen MR) is 52.2 cm³/mol. The number of hydrogen-bond acceptors (Lipinski definition) is 2. The SMILES string of the molecule is CC=CC1C=CC=CC1(Cl)[N+](=O)[O-]. The standard InChI is InChI=1S/C9H10ClNO2/c1-2-5-8-6-3-4-7-9(8,10)11(12)13/h2-8H,1H3. The number of hydrogen-bond donors (Lipinski definition) is 0. The van der Waals surface area contributed by atoms with Crippen molar-refractivity contribution in [2.75, 3.05) is 0 Å². The molecule has 1 aliphatic carbocycles. The molecular formula is C9H10ClNO2. The second kappa shape index (κ2) is 3.75. The first kappa shape index (κ1) is 9.99. The highest BCUT2D eigenvalue weighted by Gasteiger charge is 2.44. The van der Waals surface area contributed by atoms with E-state index in [1.807, 2.05) is 6.92 Å². The summed E-state index contributed by atoms with van der Waals surface area (Å²) in [5.74, 6) is -0.376. The molecule has 70 valence electrons. The molecule has 0 N–H and O–H groups in total. The zero-order valence-electron chi connectivity index (χ0n) is 7.18. The molecule has 1 aliphatic rings. The number of alkyl halides is 1. The van der Waals surface area contributed by atoms with Crippen molar-refractivity contribution >= 4 is 11.6 Å². The van der Waals surface area contributed by atoms with E-state index in [0.29, 0.717) is 0 Å². The van der Waals surface area contributed by atoms with Crippen molar-refractivity contribution in [1.29, 1.82) is 0 Å². The van der Waals surface area contributed by atoms with Crippen molar-refractivity contribution in [2.45, 2.75) is 11.9 Å². The first-order valence-electron chi connectivity index (χ1n) is 3.93. The van der Waals surface area contributed by atoms with Crippen LogP contribution in [0, 0.1) is 16.0 Å². The van der Waals surface area contributed by atoms with Crippen LogP contribution in [0.15, 0.2) is 36.5 Å². The van der Waals surface area contributed by atoms with E-state index in [2.05, 4.69) is 0 Å². The quantitative estimate of drug-likeness (QED) is 0.226. The zero-order chi connectivity index (χ0) is 9.90. The number of nitro groups is 1. The Hall–Kier alpha value is -1.09. The monoisotopic (exact) mass is 199 g/mol. The van der Waals surface area contributed by atoms with E-state index in [0.717, 1.165) is 0 Å². The van der Waals surface area contributed by atoms with Crippen LogP contribution in [0.4, 0.5) is 0 Å². The highest BCUT2D eigenvalue weighted by Crippen LogP contribution is 2.32. The Morgan fingerprint density at radius 1 is 1.62 bits per heavy atom. The Bertz CT molecular complexity index is 296. The van der Waals surface area contributed by atoms with Gasteiger partial charge in [0.15, 0.2) is 0 Å². The summed E-state index contributed by atoms with van der Waals surface area (Å²) in [7, 11) is 0. The number of allylic oxidation sites excluding steroid dienone is 3. The van der Waals surface area contributed by atoms with Gasteiger partial charge in [0, 0.05) is 11.0 Å². The maximum absolute atomic E-state index is 10.7. The third-order valence-corrected chi connectivity index (χ3v) is 2.42. The van der Waals surface area contributed by atoms with Crippen molar-refractivity contribution in [1.82, 2.24) is 0 Å². The first-order chi connectivity index (χ1) is 6.11. The lowest BCUT2D eigenvalue weighted by Gasteiger charge is -2.21. The molecule has 0 saturated carbocycles. The average Bonchev–Trinajstić information content (AvgIpc) is 2.09. The molecule has 2 atom stereocenters. The summed E-state index contributed by atoms with van der Waals surface area (Å²) in [6.45, 7) is 1.81. The molecule has 2 unspecified atom stereocenters. The maximum atomic E-state index is 10.7. The molecule has 1 rings (SSSR count). The van der Waals surface area contributed by atoms with Crippen molar-refractivity contribution in [2.24, 2.45) is 5.92 Å². The van der Waals surface area contributed by atoms with Crippen LogP contribution in [0.5, 0.6) is 0 Å². The minimum Gasteiger partial charge on any atom is -0.262 e. The van der Waals surface area contributed by atoms with Gasteiger partial charge in [-0.1, -0.05) is 30.4 Å². The van der Waals surface area contributed by atoms with Crippen LogP contribution in [0.25, 0.3) is 0 Å². The fourth-order valence-corrected chi connectivity index (χ4v) is 1.43. The van der Waals surface area contributed by atoms with Gasteiger partial charge in [0.1, 0.15) is 0 Å². The van der Waals surface area contributed by atoms with Crippen LogP contribution >= 0.6 is 11.6 Å². The summed E-state index contributed by atoms with van der Waals surface area (Å²) < 4.78 is 0. The lowest BCUT2D eigenvalue weighted by molar-refractivity contribution is -0.533. The van der Waals surface area contributed by atoms with Gasteiger partial charge in [-0.25, -0.2) is 0 Å². The average molecular weight is 200 g/mol. The van der Waals surface area contributed by atoms with Crippen molar-refractivity contribution in [3.8, 4) is 0 Å². The van der Waals surface area contributed by atoms with E-state index in [4.69, 9.17) is 11.6 Å². The summed E-state index contributed by atoms with van der Waals surface area (Å²) >= 11 is 5.87. The normalized spacial score (nSPS) is 32.6. The van der Waals surface area contributed by atoms with Gasteiger partial charge in [0.25, 0.3) is 0 Å². The largest absolute Gasteiger partial charge is 0.323 e. The minimum atomic E-state index is -1.51. The molecule has 4 heteroatoms. The molecule has 0 aromatic carbocycles. The van der Waals surface area contributed by atoms with Gasteiger partial charge in [0.05, 0.1) is 5.92 Å². The van der Waals surface area contributed by atoms with Gasteiger partial charge >= 0.3 is 5.00 Å². The molecule has 3 nitrogen and oxygen atoms in total. The van der Waals surface area contributed by atoms with Gasteiger partial charge in [0.2, 0.25) is 0 Å². The van der Waals surface area contributed by atoms with Crippen molar-refractivity contribution in [3.63, 3.8) is 0 Å². The highest BCUT2D eigenvalue weighted by atomic mass is 35.5. The number of halogens is 1. The predicted octanol–water partition coefficient (Wildman–Crippen LogP) is 2.52. The Kier molecular flexibility index (Phi) is 2.88. The van der Waals surface area contributed by atoms with Crippen LogP contribution in [0.2, 0.25) is 0 Å². The van der Waals surface area contributed by atoms with E-state index in [1.165, 1.54) is 6.08 Å². The fourth-order valence-electron chi connectivity index (χ4n) is 1.21.